The average Bonchev–Trinajstić information content (AvgIpc) is 2.97. The summed E-state index contributed by atoms with van der Waals surface area (Å²) in [6.07, 6.45) is -3.44. The third-order valence-electron chi connectivity index (χ3n) is 6.80. The molecule has 2 aliphatic heterocycles. The molecule has 1 aromatic carbocycles. The van der Waals surface area contributed by atoms with Crippen LogP contribution in [-0.2, 0) is 17.6 Å². The van der Waals surface area contributed by atoms with Gasteiger partial charge in [-0.05, 0) is 62.7 Å². The first-order chi connectivity index (χ1) is 13.8. The number of rotatable bonds is 4. The summed E-state index contributed by atoms with van der Waals surface area (Å²) in [5.41, 5.74) is 2.01. The summed E-state index contributed by atoms with van der Waals surface area (Å²) in [6.45, 7) is 1.72. The zero-order valence-electron chi connectivity index (χ0n) is 16.8. The van der Waals surface area contributed by atoms with Crippen molar-refractivity contribution >= 4 is 18.3 Å². The number of carbonyl (C=O) groups is 1. The number of nitrogens with one attached hydrogen (secondary N) is 1. The Balaban J connectivity index is 0.00000256. The Kier molecular flexibility index (Phi) is 7.01. The van der Waals surface area contributed by atoms with Crippen LogP contribution in [0.4, 0.5) is 13.2 Å². The number of nitrogens with zero attached hydrogens (tertiary/aromatic N) is 2. The van der Waals surface area contributed by atoms with Crippen LogP contribution in [0.15, 0.2) is 24.3 Å². The molecule has 2 heterocycles. The van der Waals surface area contributed by atoms with Crippen LogP contribution < -0.4 is 5.32 Å². The number of hydrogen-bond donors (Lipinski definition) is 2. The Hall–Kier alpha value is -1.35. The second-order valence-electron chi connectivity index (χ2n) is 8.47. The van der Waals surface area contributed by atoms with Crippen LogP contribution in [0.2, 0.25) is 0 Å². The van der Waals surface area contributed by atoms with Gasteiger partial charge in [0, 0.05) is 12.6 Å². The van der Waals surface area contributed by atoms with Crippen LogP contribution in [0.1, 0.15) is 36.8 Å². The van der Waals surface area contributed by atoms with Crippen molar-refractivity contribution in [3.63, 3.8) is 0 Å². The van der Waals surface area contributed by atoms with Gasteiger partial charge in [-0.1, -0.05) is 24.3 Å². The van der Waals surface area contributed by atoms with Crippen LogP contribution in [0.3, 0.4) is 0 Å². The lowest BCUT2D eigenvalue weighted by Crippen LogP contribution is -2.59. The Morgan fingerprint density at radius 3 is 2.53 bits per heavy atom. The molecule has 0 aromatic heterocycles. The lowest BCUT2D eigenvalue weighted by Gasteiger charge is -2.44. The third kappa shape index (κ3) is 4.33. The van der Waals surface area contributed by atoms with E-state index >= 15 is 0 Å². The first kappa shape index (κ1) is 23.3. The highest BCUT2D eigenvalue weighted by Crippen LogP contribution is 2.39. The van der Waals surface area contributed by atoms with E-state index in [-0.39, 0.29) is 30.9 Å². The number of benzene rings is 1. The smallest absolute Gasteiger partial charge is 0.384 e. The van der Waals surface area contributed by atoms with Crippen LogP contribution in [0, 0.1) is 0 Å². The molecule has 5 nitrogen and oxygen atoms in total. The number of piperidine rings is 1. The third-order valence-corrected chi connectivity index (χ3v) is 6.80. The van der Waals surface area contributed by atoms with Gasteiger partial charge in [-0.15, -0.1) is 12.4 Å². The van der Waals surface area contributed by atoms with Crippen molar-refractivity contribution < 1.29 is 23.1 Å². The fourth-order valence-corrected chi connectivity index (χ4v) is 5.17. The lowest BCUT2D eigenvalue weighted by molar-refractivity contribution is -0.206. The molecule has 0 bridgehead atoms. The molecule has 2 fully saturated rings. The molecule has 1 aliphatic carbocycles. The summed E-state index contributed by atoms with van der Waals surface area (Å²) in [5.74, 6) is -0.0766. The Labute approximate surface area is 181 Å². The molecule has 3 aliphatic rings. The van der Waals surface area contributed by atoms with Crippen molar-refractivity contribution in [3.8, 4) is 0 Å². The van der Waals surface area contributed by atoms with Gasteiger partial charge in [0.1, 0.15) is 5.54 Å². The number of fused-ring (bicyclic) bond motifs is 1. The molecule has 2 atom stereocenters. The van der Waals surface area contributed by atoms with Gasteiger partial charge in [0.05, 0.1) is 6.67 Å². The molecule has 2 saturated heterocycles. The van der Waals surface area contributed by atoms with E-state index in [0.29, 0.717) is 19.5 Å². The Bertz CT molecular complexity index is 755. The normalized spacial score (nSPS) is 25.1. The van der Waals surface area contributed by atoms with Gasteiger partial charge in [0.2, 0.25) is 5.91 Å². The molecule has 1 amide bonds. The Morgan fingerprint density at radius 1 is 1.20 bits per heavy atom. The predicted molar refractivity (Wildman–Crippen MR) is 109 cm³/mol. The van der Waals surface area contributed by atoms with E-state index in [2.05, 4.69) is 22.3 Å². The zero-order valence-corrected chi connectivity index (χ0v) is 17.6. The maximum Gasteiger partial charge on any atom is 0.414 e. The first-order valence-corrected chi connectivity index (χ1v) is 10.4. The minimum atomic E-state index is -4.65. The van der Waals surface area contributed by atoms with Crippen LogP contribution in [0.25, 0.3) is 0 Å². The van der Waals surface area contributed by atoms with Crippen LogP contribution >= 0.6 is 12.4 Å². The minimum absolute atomic E-state index is 0. The van der Waals surface area contributed by atoms with Crippen molar-refractivity contribution in [2.24, 2.45) is 0 Å². The van der Waals surface area contributed by atoms with Crippen LogP contribution in [-0.4, -0.2) is 71.0 Å². The van der Waals surface area contributed by atoms with E-state index in [1.54, 1.807) is 0 Å². The molecule has 1 aromatic rings. The average molecular weight is 448 g/mol. The fraction of sp³-hybridized carbons (Fsp3) is 0.667. The fourth-order valence-electron chi connectivity index (χ4n) is 5.17. The van der Waals surface area contributed by atoms with Gasteiger partial charge in [-0.2, -0.15) is 13.2 Å². The number of aryl methyl sites for hydroxylation is 1. The van der Waals surface area contributed by atoms with Crippen molar-refractivity contribution in [3.05, 3.63) is 35.4 Å². The first-order valence-electron chi connectivity index (χ1n) is 10.4. The standard InChI is InChI=1S/C21H28F3N3O2.ClH/c22-21(23,24)18(28)7-12-26-14-27(20(19(26)29)8-10-25-11-9-20)17-6-5-15-3-1-2-4-16(15)13-17;/h1-4,17-18,25,28H,5-14H2;1H/t17-,18+;/m0./s1. The summed E-state index contributed by atoms with van der Waals surface area (Å²) in [6, 6.07) is 8.55. The van der Waals surface area contributed by atoms with Gasteiger partial charge in [-0.25, -0.2) is 0 Å². The van der Waals surface area contributed by atoms with Crippen molar-refractivity contribution in [2.45, 2.75) is 62.4 Å². The van der Waals surface area contributed by atoms with Crippen molar-refractivity contribution in [2.75, 3.05) is 26.3 Å². The van der Waals surface area contributed by atoms with Gasteiger partial charge >= 0.3 is 6.18 Å². The highest BCUT2D eigenvalue weighted by Gasteiger charge is 2.55. The zero-order chi connectivity index (χ0) is 20.6. The SMILES string of the molecule is Cl.O=C1N(CC[C@@H](O)C(F)(F)F)CN([C@H]2CCc3ccccc3C2)C12CCNCC2. The van der Waals surface area contributed by atoms with E-state index in [1.807, 2.05) is 12.1 Å². The van der Waals surface area contributed by atoms with E-state index in [4.69, 9.17) is 0 Å². The number of halogens is 4. The number of alkyl halides is 3. The summed E-state index contributed by atoms with van der Waals surface area (Å²) in [5, 5.41) is 12.7. The minimum Gasteiger partial charge on any atom is -0.384 e. The molecular weight excluding hydrogens is 419 g/mol. The maximum atomic E-state index is 13.3. The summed E-state index contributed by atoms with van der Waals surface area (Å²) < 4.78 is 38.1. The van der Waals surface area contributed by atoms with E-state index in [9.17, 15) is 23.1 Å². The molecule has 2 N–H and O–H groups in total. The topological polar surface area (TPSA) is 55.8 Å². The Morgan fingerprint density at radius 2 is 1.87 bits per heavy atom. The molecule has 9 heteroatoms. The monoisotopic (exact) mass is 447 g/mol. The molecule has 0 saturated carbocycles. The summed E-state index contributed by atoms with van der Waals surface area (Å²) >= 11 is 0. The molecule has 30 heavy (non-hydrogen) atoms. The molecular formula is C21H29ClF3N3O2. The number of carbonyl (C=O) groups excluding carboxylic acids is 1. The molecule has 1 spiro atoms. The number of aliphatic hydroxyl groups is 1. The van der Waals surface area contributed by atoms with Crippen LogP contribution in [0.5, 0.6) is 0 Å². The summed E-state index contributed by atoms with van der Waals surface area (Å²) in [4.78, 5) is 17.1. The number of amides is 1. The quantitative estimate of drug-likeness (QED) is 0.744. The summed E-state index contributed by atoms with van der Waals surface area (Å²) in [7, 11) is 0. The molecule has 168 valence electrons. The largest absolute Gasteiger partial charge is 0.414 e. The predicted octanol–water partition coefficient (Wildman–Crippen LogP) is 2.50. The van der Waals surface area contributed by atoms with Gasteiger partial charge in [0.15, 0.2) is 6.10 Å². The van der Waals surface area contributed by atoms with Crippen molar-refractivity contribution in [1.82, 2.24) is 15.1 Å². The molecule has 0 unspecified atom stereocenters. The molecule has 0 radical (unpaired) electrons. The second-order valence-corrected chi connectivity index (χ2v) is 8.47. The van der Waals surface area contributed by atoms with E-state index in [0.717, 1.165) is 32.4 Å². The second kappa shape index (κ2) is 9.02. The number of aliphatic hydroxyl groups excluding tert-OH is 1. The van der Waals surface area contributed by atoms with E-state index in [1.165, 1.54) is 16.0 Å². The maximum absolute atomic E-state index is 13.3. The van der Waals surface area contributed by atoms with Gasteiger partial charge in [-0.3, -0.25) is 9.69 Å². The van der Waals surface area contributed by atoms with Gasteiger partial charge in [0.25, 0.3) is 0 Å². The van der Waals surface area contributed by atoms with Gasteiger partial charge < -0.3 is 15.3 Å². The molecule has 4 rings (SSSR count). The highest BCUT2D eigenvalue weighted by molar-refractivity contribution is 5.88. The van der Waals surface area contributed by atoms with Crippen molar-refractivity contribution in [1.29, 1.82) is 0 Å². The van der Waals surface area contributed by atoms with E-state index < -0.39 is 24.2 Å². The highest BCUT2D eigenvalue weighted by atomic mass is 35.5. The lowest BCUT2D eigenvalue weighted by atomic mass is 9.81. The number of hydrogen-bond acceptors (Lipinski definition) is 4.